The van der Waals surface area contributed by atoms with E-state index in [-0.39, 0.29) is 30.1 Å². The Balaban J connectivity index is 2.39. The monoisotopic (exact) mass is 314 g/mol. The summed E-state index contributed by atoms with van der Waals surface area (Å²) in [5.41, 5.74) is 0.0764. The topological polar surface area (TPSA) is 118 Å². The molecule has 8 nitrogen and oxygen atoms in total. The smallest absolute Gasteiger partial charge is 0.307 e. The van der Waals surface area contributed by atoms with E-state index < -0.39 is 26.8 Å². The summed E-state index contributed by atoms with van der Waals surface area (Å²) in [5, 5.41) is 19.7. The van der Waals surface area contributed by atoms with Crippen molar-refractivity contribution < 1.29 is 23.2 Å². The van der Waals surface area contributed by atoms with Crippen molar-refractivity contribution >= 4 is 21.7 Å². The van der Waals surface area contributed by atoms with Gasteiger partial charge in [0, 0.05) is 25.2 Å². The first kappa shape index (κ1) is 15.4. The number of carboxylic acids is 1. The number of aryl methyl sites for hydroxylation is 1. The van der Waals surface area contributed by atoms with Crippen LogP contribution in [0, 0.1) is 23.0 Å². The zero-order valence-electron chi connectivity index (χ0n) is 11.2. The predicted molar refractivity (Wildman–Crippen MR) is 72.3 cm³/mol. The fourth-order valence-corrected chi connectivity index (χ4v) is 4.01. The van der Waals surface area contributed by atoms with E-state index in [0.717, 1.165) is 10.4 Å². The molecule has 114 valence electrons. The molecule has 0 spiro atoms. The number of aliphatic carboxylic acids is 1. The summed E-state index contributed by atoms with van der Waals surface area (Å²) in [6.45, 7) is 1.53. The van der Waals surface area contributed by atoms with Crippen molar-refractivity contribution in [2.75, 3.05) is 13.1 Å². The second kappa shape index (κ2) is 5.41. The fraction of sp³-hybridized carbons (Fsp3) is 0.417. The molecule has 1 heterocycles. The van der Waals surface area contributed by atoms with Gasteiger partial charge in [0.15, 0.2) is 0 Å². The normalized spacial score (nSPS) is 19.6. The molecule has 0 bridgehead atoms. The zero-order valence-corrected chi connectivity index (χ0v) is 12.0. The Morgan fingerprint density at radius 2 is 2.14 bits per heavy atom. The molecule has 1 N–H and O–H groups in total. The molecule has 1 aliphatic heterocycles. The van der Waals surface area contributed by atoms with Crippen LogP contribution < -0.4 is 0 Å². The molecule has 1 aromatic carbocycles. The lowest BCUT2D eigenvalue weighted by molar-refractivity contribution is -0.385. The van der Waals surface area contributed by atoms with Crippen LogP contribution in [0.4, 0.5) is 5.69 Å². The van der Waals surface area contributed by atoms with Crippen molar-refractivity contribution in [3.05, 3.63) is 33.9 Å². The van der Waals surface area contributed by atoms with Crippen molar-refractivity contribution in [3.8, 4) is 0 Å². The van der Waals surface area contributed by atoms with Crippen molar-refractivity contribution in [2.45, 2.75) is 18.2 Å². The third-order valence-corrected chi connectivity index (χ3v) is 5.51. The third kappa shape index (κ3) is 2.88. The summed E-state index contributed by atoms with van der Waals surface area (Å²) in [6, 6.07) is 3.62. The van der Waals surface area contributed by atoms with Crippen LogP contribution in [0.25, 0.3) is 0 Å². The van der Waals surface area contributed by atoms with Gasteiger partial charge in [0.05, 0.1) is 15.7 Å². The number of sulfonamides is 1. The molecule has 0 saturated carbocycles. The molecule has 0 aromatic heterocycles. The van der Waals surface area contributed by atoms with E-state index in [2.05, 4.69) is 0 Å². The summed E-state index contributed by atoms with van der Waals surface area (Å²) in [4.78, 5) is 20.9. The van der Waals surface area contributed by atoms with E-state index >= 15 is 0 Å². The zero-order chi connectivity index (χ0) is 15.8. The van der Waals surface area contributed by atoms with Crippen LogP contribution >= 0.6 is 0 Å². The third-order valence-electron chi connectivity index (χ3n) is 3.50. The molecule has 1 atom stereocenters. The van der Waals surface area contributed by atoms with Gasteiger partial charge in [-0.2, -0.15) is 4.31 Å². The summed E-state index contributed by atoms with van der Waals surface area (Å²) in [6.07, 6.45) is 0.239. The minimum atomic E-state index is -3.93. The molecule has 1 fully saturated rings. The van der Waals surface area contributed by atoms with Gasteiger partial charge < -0.3 is 5.11 Å². The minimum Gasteiger partial charge on any atom is -0.481 e. The number of non-ortho nitro benzene ring substituents is 1. The van der Waals surface area contributed by atoms with Crippen molar-refractivity contribution in [3.63, 3.8) is 0 Å². The quantitative estimate of drug-likeness (QED) is 0.654. The fourth-order valence-electron chi connectivity index (χ4n) is 2.27. The molecule has 0 aliphatic carbocycles. The number of nitrogens with zero attached hydrogens (tertiary/aromatic N) is 2. The first-order valence-electron chi connectivity index (χ1n) is 6.21. The molecule has 1 aromatic rings. The standard InChI is InChI=1S/C12H14N2O6S/c1-8-2-3-10(14(17)18)6-11(8)21(19,20)13-5-4-9(7-13)12(15)16/h2-3,6,9H,4-5,7H2,1H3,(H,15,16). The maximum absolute atomic E-state index is 12.5. The van der Waals surface area contributed by atoms with Crippen LogP contribution in [0.3, 0.4) is 0 Å². The van der Waals surface area contributed by atoms with E-state index in [9.17, 15) is 23.3 Å². The Bertz CT molecular complexity index is 700. The number of hydrogen-bond acceptors (Lipinski definition) is 5. The Hall–Kier alpha value is -2.00. The van der Waals surface area contributed by atoms with Gasteiger partial charge in [-0.25, -0.2) is 8.42 Å². The summed E-state index contributed by atoms with van der Waals surface area (Å²) in [7, 11) is -3.93. The van der Waals surface area contributed by atoms with Gasteiger partial charge in [0.25, 0.3) is 5.69 Å². The molecule has 21 heavy (non-hydrogen) atoms. The van der Waals surface area contributed by atoms with Crippen LogP contribution in [0.1, 0.15) is 12.0 Å². The average Bonchev–Trinajstić information content (AvgIpc) is 2.89. The van der Waals surface area contributed by atoms with Crippen LogP contribution in [0.2, 0.25) is 0 Å². The first-order chi connectivity index (χ1) is 9.73. The number of hydrogen-bond donors (Lipinski definition) is 1. The van der Waals surface area contributed by atoms with Gasteiger partial charge in [0.2, 0.25) is 10.0 Å². The molecule has 9 heteroatoms. The van der Waals surface area contributed by atoms with E-state index in [4.69, 9.17) is 5.11 Å². The Morgan fingerprint density at radius 1 is 1.48 bits per heavy atom. The second-order valence-electron chi connectivity index (χ2n) is 4.89. The largest absolute Gasteiger partial charge is 0.481 e. The van der Waals surface area contributed by atoms with Crippen LogP contribution in [0.5, 0.6) is 0 Å². The van der Waals surface area contributed by atoms with Gasteiger partial charge in [-0.1, -0.05) is 6.07 Å². The van der Waals surface area contributed by atoms with Crippen molar-refractivity contribution in [2.24, 2.45) is 5.92 Å². The number of rotatable bonds is 4. The van der Waals surface area contributed by atoms with Crippen LogP contribution in [0.15, 0.2) is 23.1 Å². The van der Waals surface area contributed by atoms with E-state index in [1.807, 2.05) is 0 Å². The molecule has 1 aliphatic rings. The number of nitro groups is 1. The molecule has 1 unspecified atom stereocenters. The van der Waals surface area contributed by atoms with Crippen molar-refractivity contribution in [1.29, 1.82) is 0 Å². The number of benzene rings is 1. The van der Waals surface area contributed by atoms with Gasteiger partial charge in [-0.15, -0.1) is 0 Å². The van der Waals surface area contributed by atoms with Crippen molar-refractivity contribution in [1.82, 2.24) is 4.31 Å². The van der Waals surface area contributed by atoms with Gasteiger partial charge in [0.1, 0.15) is 0 Å². The predicted octanol–water partition coefficient (Wildman–Crippen LogP) is 0.998. The highest BCUT2D eigenvalue weighted by Gasteiger charge is 2.36. The highest BCUT2D eigenvalue weighted by molar-refractivity contribution is 7.89. The summed E-state index contributed by atoms with van der Waals surface area (Å²) < 4.78 is 26.1. The Morgan fingerprint density at radius 3 is 2.67 bits per heavy atom. The highest BCUT2D eigenvalue weighted by Crippen LogP contribution is 2.28. The maximum atomic E-state index is 12.5. The van der Waals surface area contributed by atoms with Crippen LogP contribution in [-0.4, -0.2) is 41.8 Å². The molecule has 2 rings (SSSR count). The summed E-state index contributed by atoms with van der Waals surface area (Å²) >= 11 is 0. The number of nitro benzene ring substituents is 1. The maximum Gasteiger partial charge on any atom is 0.307 e. The molecule has 0 radical (unpaired) electrons. The number of carbonyl (C=O) groups is 1. The van der Waals surface area contributed by atoms with E-state index in [0.29, 0.717) is 5.56 Å². The second-order valence-corrected chi connectivity index (χ2v) is 6.80. The number of carboxylic acid groups (broad SMARTS) is 1. The SMILES string of the molecule is Cc1ccc([N+](=O)[O-])cc1S(=O)(=O)N1CCC(C(=O)O)C1. The van der Waals surface area contributed by atoms with E-state index in [1.165, 1.54) is 12.1 Å². The van der Waals surface area contributed by atoms with Gasteiger partial charge in [-0.05, 0) is 18.9 Å². The average molecular weight is 314 g/mol. The Labute approximate surface area is 121 Å². The molecule has 0 amide bonds. The van der Waals surface area contributed by atoms with Gasteiger partial charge in [-0.3, -0.25) is 14.9 Å². The lowest BCUT2D eigenvalue weighted by Gasteiger charge is -2.17. The Kier molecular flexibility index (Phi) is 3.97. The van der Waals surface area contributed by atoms with Crippen LogP contribution in [-0.2, 0) is 14.8 Å². The summed E-state index contributed by atoms with van der Waals surface area (Å²) in [5.74, 6) is -1.78. The van der Waals surface area contributed by atoms with E-state index in [1.54, 1.807) is 6.92 Å². The lowest BCUT2D eigenvalue weighted by atomic mass is 10.1. The minimum absolute atomic E-state index is 0.0986. The van der Waals surface area contributed by atoms with Gasteiger partial charge >= 0.3 is 5.97 Å². The first-order valence-corrected chi connectivity index (χ1v) is 7.65. The lowest BCUT2D eigenvalue weighted by Crippen LogP contribution is -2.30. The molecule has 1 saturated heterocycles. The molecular weight excluding hydrogens is 300 g/mol. The molecular formula is C12H14N2O6S. The highest BCUT2D eigenvalue weighted by atomic mass is 32.2.